The molecule has 0 amide bonds. The van der Waals surface area contributed by atoms with E-state index in [0.29, 0.717) is 26.2 Å². The molecule has 1 fully saturated rings. The molecular weight excluding hydrogens is 284 g/mol. The van der Waals surface area contributed by atoms with E-state index < -0.39 is 15.1 Å². The van der Waals surface area contributed by atoms with Gasteiger partial charge >= 0.3 is 0 Å². The van der Waals surface area contributed by atoms with Crippen LogP contribution in [0.3, 0.4) is 0 Å². The molecule has 0 saturated carbocycles. The maximum absolute atomic E-state index is 11.6. The number of hydrogen-bond acceptors (Lipinski definition) is 5. The molecule has 110 valence electrons. The Kier molecular flexibility index (Phi) is 4.21. The standard InChI is InChI=1S/C11H16N4O4S/c1-12-20(18,19)14-8-6-13(7-9-14)10-2-4-11(5-3-10)15(16)17/h2-5,12H,6-9H2,1H3. The molecule has 1 aliphatic heterocycles. The summed E-state index contributed by atoms with van der Waals surface area (Å²) in [5.74, 6) is 0. The molecule has 9 heteroatoms. The highest BCUT2D eigenvalue weighted by atomic mass is 32.2. The fourth-order valence-corrected chi connectivity index (χ4v) is 3.00. The van der Waals surface area contributed by atoms with Gasteiger partial charge in [0.05, 0.1) is 4.92 Å². The monoisotopic (exact) mass is 300 g/mol. The molecule has 8 nitrogen and oxygen atoms in total. The van der Waals surface area contributed by atoms with E-state index in [0.717, 1.165) is 5.69 Å². The van der Waals surface area contributed by atoms with Crippen molar-refractivity contribution in [3.8, 4) is 0 Å². The molecule has 0 atom stereocenters. The topological polar surface area (TPSA) is 95.8 Å². The zero-order valence-corrected chi connectivity index (χ0v) is 11.8. The first-order chi connectivity index (χ1) is 9.44. The lowest BCUT2D eigenvalue weighted by Crippen LogP contribution is -2.51. The Bertz CT molecular complexity index is 579. The molecule has 0 aliphatic carbocycles. The van der Waals surface area contributed by atoms with Gasteiger partial charge in [0.25, 0.3) is 15.9 Å². The Morgan fingerprint density at radius 1 is 1.15 bits per heavy atom. The molecule has 20 heavy (non-hydrogen) atoms. The van der Waals surface area contributed by atoms with E-state index in [1.165, 1.54) is 23.5 Å². The second-order valence-corrected chi connectivity index (χ2v) is 6.24. The predicted molar refractivity (Wildman–Crippen MR) is 74.9 cm³/mol. The molecule has 0 spiro atoms. The third kappa shape index (κ3) is 3.06. The Balaban J connectivity index is 2.02. The van der Waals surface area contributed by atoms with Crippen LogP contribution in [0.1, 0.15) is 0 Å². The number of benzene rings is 1. The van der Waals surface area contributed by atoms with Crippen LogP contribution >= 0.6 is 0 Å². The van der Waals surface area contributed by atoms with Gasteiger partial charge in [0.15, 0.2) is 0 Å². The first-order valence-electron chi connectivity index (χ1n) is 6.12. The van der Waals surface area contributed by atoms with Crippen molar-refractivity contribution in [2.45, 2.75) is 0 Å². The van der Waals surface area contributed by atoms with Gasteiger partial charge in [-0.3, -0.25) is 10.1 Å². The van der Waals surface area contributed by atoms with Gasteiger partial charge in [0.2, 0.25) is 0 Å². The molecule has 1 heterocycles. The second-order valence-electron chi connectivity index (χ2n) is 4.37. The molecule has 2 rings (SSSR count). The normalized spacial score (nSPS) is 17.1. The SMILES string of the molecule is CNS(=O)(=O)N1CCN(c2ccc([N+](=O)[O-])cc2)CC1. The van der Waals surface area contributed by atoms with Crippen LogP contribution in [0.2, 0.25) is 0 Å². The van der Waals surface area contributed by atoms with Gasteiger partial charge in [0, 0.05) is 51.0 Å². The maximum Gasteiger partial charge on any atom is 0.279 e. The molecule has 1 N–H and O–H groups in total. The Morgan fingerprint density at radius 3 is 2.15 bits per heavy atom. The van der Waals surface area contributed by atoms with Crippen LogP contribution in [0.5, 0.6) is 0 Å². The summed E-state index contributed by atoms with van der Waals surface area (Å²) in [5.41, 5.74) is 0.905. The van der Waals surface area contributed by atoms with Crippen molar-refractivity contribution in [3.05, 3.63) is 34.4 Å². The molecule has 1 aromatic rings. The zero-order chi connectivity index (χ0) is 14.8. The Morgan fingerprint density at radius 2 is 1.70 bits per heavy atom. The molecule has 0 unspecified atom stereocenters. The average molecular weight is 300 g/mol. The third-order valence-electron chi connectivity index (χ3n) is 3.26. The summed E-state index contributed by atoms with van der Waals surface area (Å²) in [4.78, 5) is 12.1. The number of non-ortho nitro benzene ring substituents is 1. The largest absolute Gasteiger partial charge is 0.369 e. The van der Waals surface area contributed by atoms with Gasteiger partial charge in [-0.1, -0.05) is 0 Å². The number of rotatable bonds is 4. The number of nitrogens with one attached hydrogen (secondary N) is 1. The van der Waals surface area contributed by atoms with Crippen LogP contribution in [-0.4, -0.2) is 50.9 Å². The van der Waals surface area contributed by atoms with E-state index in [2.05, 4.69) is 4.72 Å². The molecular formula is C11H16N4O4S. The van der Waals surface area contributed by atoms with Crippen molar-refractivity contribution < 1.29 is 13.3 Å². The van der Waals surface area contributed by atoms with Crippen LogP contribution in [0.25, 0.3) is 0 Å². The number of nitro groups is 1. The Hall–Kier alpha value is -1.71. The van der Waals surface area contributed by atoms with Crippen LogP contribution in [0.4, 0.5) is 11.4 Å². The van der Waals surface area contributed by atoms with Crippen molar-refractivity contribution in [2.24, 2.45) is 0 Å². The van der Waals surface area contributed by atoms with E-state index in [4.69, 9.17) is 0 Å². The van der Waals surface area contributed by atoms with Crippen LogP contribution in [-0.2, 0) is 10.2 Å². The molecule has 0 aromatic heterocycles. The van der Waals surface area contributed by atoms with Gasteiger partial charge in [-0.25, -0.2) is 4.72 Å². The van der Waals surface area contributed by atoms with Crippen LogP contribution < -0.4 is 9.62 Å². The van der Waals surface area contributed by atoms with Crippen LogP contribution in [0, 0.1) is 10.1 Å². The summed E-state index contributed by atoms with van der Waals surface area (Å²) in [6, 6.07) is 6.26. The third-order valence-corrected chi connectivity index (χ3v) is 4.82. The number of nitrogens with zero attached hydrogens (tertiary/aromatic N) is 3. The summed E-state index contributed by atoms with van der Waals surface area (Å²) in [7, 11) is -1.99. The number of piperazine rings is 1. The van der Waals surface area contributed by atoms with Crippen molar-refractivity contribution in [2.75, 3.05) is 38.1 Å². The van der Waals surface area contributed by atoms with E-state index in [9.17, 15) is 18.5 Å². The smallest absolute Gasteiger partial charge is 0.279 e. The molecule has 0 bridgehead atoms. The molecule has 1 aliphatic rings. The van der Waals surface area contributed by atoms with E-state index >= 15 is 0 Å². The molecule has 0 radical (unpaired) electrons. The minimum atomic E-state index is -3.38. The first kappa shape index (κ1) is 14.7. The van der Waals surface area contributed by atoms with Crippen molar-refractivity contribution in [1.29, 1.82) is 0 Å². The summed E-state index contributed by atoms with van der Waals surface area (Å²) in [6.07, 6.45) is 0. The highest BCUT2D eigenvalue weighted by Gasteiger charge is 2.25. The summed E-state index contributed by atoms with van der Waals surface area (Å²) < 4.78 is 27.0. The summed E-state index contributed by atoms with van der Waals surface area (Å²) in [6.45, 7) is 1.89. The zero-order valence-electron chi connectivity index (χ0n) is 11.0. The first-order valence-corrected chi connectivity index (χ1v) is 7.56. The van der Waals surface area contributed by atoms with Crippen molar-refractivity contribution >= 4 is 21.6 Å². The number of hydrogen-bond donors (Lipinski definition) is 1. The van der Waals surface area contributed by atoms with Crippen LogP contribution in [0.15, 0.2) is 24.3 Å². The summed E-state index contributed by atoms with van der Waals surface area (Å²) in [5, 5.41) is 10.6. The minimum Gasteiger partial charge on any atom is -0.369 e. The Labute approximate surface area is 117 Å². The van der Waals surface area contributed by atoms with Gasteiger partial charge in [0.1, 0.15) is 0 Å². The lowest BCUT2D eigenvalue weighted by molar-refractivity contribution is -0.384. The minimum absolute atomic E-state index is 0.0464. The highest BCUT2D eigenvalue weighted by molar-refractivity contribution is 7.87. The number of anilines is 1. The van der Waals surface area contributed by atoms with Gasteiger partial charge in [-0.05, 0) is 12.1 Å². The van der Waals surface area contributed by atoms with Gasteiger partial charge < -0.3 is 4.90 Å². The second kappa shape index (κ2) is 5.73. The lowest BCUT2D eigenvalue weighted by Gasteiger charge is -2.35. The maximum atomic E-state index is 11.6. The molecule has 1 saturated heterocycles. The highest BCUT2D eigenvalue weighted by Crippen LogP contribution is 2.21. The van der Waals surface area contributed by atoms with E-state index in [1.807, 2.05) is 4.90 Å². The van der Waals surface area contributed by atoms with E-state index in [-0.39, 0.29) is 5.69 Å². The fraction of sp³-hybridized carbons (Fsp3) is 0.455. The predicted octanol–water partition coefficient (Wildman–Crippen LogP) is 0.181. The average Bonchev–Trinajstić information content (AvgIpc) is 2.47. The molecule has 1 aromatic carbocycles. The van der Waals surface area contributed by atoms with E-state index in [1.54, 1.807) is 12.1 Å². The van der Waals surface area contributed by atoms with Gasteiger partial charge in [-0.2, -0.15) is 12.7 Å². The van der Waals surface area contributed by atoms with Crippen molar-refractivity contribution in [1.82, 2.24) is 9.03 Å². The number of nitro benzene ring substituents is 1. The lowest BCUT2D eigenvalue weighted by atomic mass is 10.2. The summed E-state index contributed by atoms with van der Waals surface area (Å²) >= 11 is 0. The van der Waals surface area contributed by atoms with Crippen molar-refractivity contribution in [3.63, 3.8) is 0 Å². The van der Waals surface area contributed by atoms with Gasteiger partial charge in [-0.15, -0.1) is 0 Å². The fourth-order valence-electron chi connectivity index (χ4n) is 2.10. The quantitative estimate of drug-likeness (QED) is 0.632.